The van der Waals surface area contributed by atoms with Crippen molar-refractivity contribution in [2.75, 3.05) is 0 Å². The molecule has 0 aliphatic heterocycles. The van der Waals surface area contributed by atoms with Crippen LogP contribution in [0.1, 0.15) is 6.42 Å². The van der Waals surface area contributed by atoms with Gasteiger partial charge in [0.25, 0.3) is 0 Å². The highest BCUT2D eigenvalue weighted by molar-refractivity contribution is 5.29. The molecule has 2 heteroatoms. The maximum Gasteiger partial charge on any atom is 0.0922 e. The maximum absolute atomic E-state index is 8.49. The Hall–Kier alpha value is -1.28. The summed E-state index contributed by atoms with van der Waals surface area (Å²) in [5, 5.41) is 16.8. The van der Waals surface area contributed by atoms with Gasteiger partial charge in [0.05, 0.1) is 23.5 Å². The maximum atomic E-state index is 8.49. The Labute approximate surface area is 54.0 Å². The smallest absolute Gasteiger partial charge is 0.0922 e. The van der Waals surface area contributed by atoms with E-state index in [0.29, 0.717) is 6.42 Å². The first-order valence-corrected chi connectivity index (χ1v) is 2.73. The van der Waals surface area contributed by atoms with Gasteiger partial charge in [0, 0.05) is 0 Å². The van der Waals surface area contributed by atoms with Crippen LogP contribution in [0.3, 0.4) is 0 Å². The van der Waals surface area contributed by atoms with Crippen molar-refractivity contribution in [1.82, 2.24) is 0 Å². The zero-order chi connectivity index (χ0) is 6.91. The molecule has 1 fully saturated rings. The predicted octanol–water partition coefficient (Wildman–Crippen LogP) is 1.23. The van der Waals surface area contributed by atoms with Crippen molar-refractivity contribution in [3.8, 4) is 12.1 Å². The van der Waals surface area contributed by atoms with Gasteiger partial charge in [-0.3, -0.25) is 0 Å². The highest BCUT2D eigenvalue weighted by Gasteiger charge is 2.53. The fourth-order valence-electron chi connectivity index (χ4n) is 0.834. The Bertz CT molecular complexity index is 218. The van der Waals surface area contributed by atoms with Crippen LogP contribution in [0.2, 0.25) is 0 Å². The molecule has 1 saturated carbocycles. The summed E-state index contributed by atoms with van der Waals surface area (Å²) in [5.74, 6) is -0.0972. The van der Waals surface area contributed by atoms with Crippen molar-refractivity contribution >= 4 is 0 Å². The van der Waals surface area contributed by atoms with Gasteiger partial charge in [-0.2, -0.15) is 10.5 Å². The summed E-state index contributed by atoms with van der Waals surface area (Å²) in [7, 11) is 0. The fraction of sp³-hybridized carbons (Fsp3) is 0.429. The molecule has 0 aromatic carbocycles. The quantitative estimate of drug-likeness (QED) is 0.486. The van der Waals surface area contributed by atoms with Crippen LogP contribution in [0.15, 0.2) is 12.7 Å². The normalized spacial score (nSPS) is 38.2. The summed E-state index contributed by atoms with van der Waals surface area (Å²) in [4.78, 5) is 0. The van der Waals surface area contributed by atoms with E-state index in [1.807, 2.05) is 6.07 Å². The van der Waals surface area contributed by atoms with Crippen molar-refractivity contribution in [2.24, 2.45) is 11.3 Å². The molecule has 0 saturated heterocycles. The van der Waals surface area contributed by atoms with Gasteiger partial charge in [-0.25, -0.2) is 0 Å². The van der Waals surface area contributed by atoms with Crippen molar-refractivity contribution in [3.63, 3.8) is 0 Å². The lowest BCUT2D eigenvalue weighted by Gasteiger charge is -1.90. The molecule has 44 valence electrons. The minimum absolute atomic E-state index is 0.0972. The minimum atomic E-state index is -0.491. The summed E-state index contributed by atoms with van der Waals surface area (Å²) < 4.78 is 0. The van der Waals surface area contributed by atoms with Crippen LogP contribution in [-0.4, -0.2) is 0 Å². The number of rotatable bonds is 1. The van der Waals surface area contributed by atoms with E-state index in [4.69, 9.17) is 10.5 Å². The van der Waals surface area contributed by atoms with Gasteiger partial charge in [0.1, 0.15) is 0 Å². The molecule has 0 amide bonds. The second-order valence-electron chi connectivity index (χ2n) is 2.24. The second-order valence-corrected chi connectivity index (χ2v) is 2.24. The molecule has 1 aliphatic rings. The molecule has 0 aromatic heterocycles. The monoisotopic (exact) mass is 118 g/mol. The Morgan fingerprint density at radius 1 is 1.67 bits per heavy atom. The van der Waals surface area contributed by atoms with Crippen LogP contribution >= 0.6 is 0 Å². The zero-order valence-corrected chi connectivity index (χ0v) is 4.96. The highest BCUT2D eigenvalue weighted by atomic mass is 14.6. The molecule has 1 rings (SSSR count). The molecule has 0 aromatic rings. The first kappa shape index (κ1) is 5.85. The first-order chi connectivity index (χ1) is 4.29. The topological polar surface area (TPSA) is 47.6 Å². The first-order valence-electron chi connectivity index (χ1n) is 2.73. The van der Waals surface area contributed by atoms with Crippen LogP contribution in [0.25, 0.3) is 0 Å². The Kier molecular flexibility index (Phi) is 1.04. The lowest BCUT2D eigenvalue weighted by atomic mass is 10.1. The molecule has 2 unspecified atom stereocenters. The molecule has 1 aliphatic carbocycles. The van der Waals surface area contributed by atoms with Crippen LogP contribution in [0, 0.1) is 34.0 Å². The van der Waals surface area contributed by atoms with Gasteiger partial charge in [0.2, 0.25) is 0 Å². The van der Waals surface area contributed by atoms with Gasteiger partial charge in [0.15, 0.2) is 0 Å². The third kappa shape index (κ3) is 0.606. The third-order valence-electron chi connectivity index (χ3n) is 1.73. The molecule has 0 heterocycles. The number of hydrogen-bond acceptors (Lipinski definition) is 2. The molecular weight excluding hydrogens is 112 g/mol. The number of nitriles is 2. The SMILES string of the molecule is C=CC1(C#N)CC1C#N. The van der Waals surface area contributed by atoms with E-state index in [0.717, 1.165) is 0 Å². The minimum Gasteiger partial charge on any atom is -0.198 e. The van der Waals surface area contributed by atoms with Crippen molar-refractivity contribution in [3.05, 3.63) is 12.7 Å². The van der Waals surface area contributed by atoms with Crippen LogP contribution < -0.4 is 0 Å². The Morgan fingerprint density at radius 3 is 2.44 bits per heavy atom. The van der Waals surface area contributed by atoms with Gasteiger partial charge in [-0.15, -0.1) is 6.58 Å². The van der Waals surface area contributed by atoms with E-state index in [-0.39, 0.29) is 5.92 Å². The van der Waals surface area contributed by atoms with Crippen molar-refractivity contribution in [2.45, 2.75) is 6.42 Å². The van der Waals surface area contributed by atoms with E-state index >= 15 is 0 Å². The Balaban J connectivity index is 2.74. The average Bonchev–Trinajstić information content (AvgIpc) is 2.63. The third-order valence-corrected chi connectivity index (χ3v) is 1.73. The van der Waals surface area contributed by atoms with E-state index in [1.54, 1.807) is 6.08 Å². The molecule has 2 atom stereocenters. The Morgan fingerprint density at radius 2 is 2.33 bits per heavy atom. The van der Waals surface area contributed by atoms with Gasteiger partial charge >= 0.3 is 0 Å². The molecule has 0 spiro atoms. The predicted molar refractivity (Wildman–Crippen MR) is 32.0 cm³/mol. The highest BCUT2D eigenvalue weighted by Crippen LogP contribution is 2.52. The van der Waals surface area contributed by atoms with E-state index < -0.39 is 5.41 Å². The van der Waals surface area contributed by atoms with Gasteiger partial charge in [-0.1, -0.05) is 6.08 Å². The summed E-state index contributed by atoms with van der Waals surface area (Å²) in [6, 6.07) is 4.10. The number of allylic oxidation sites excluding steroid dienone is 1. The van der Waals surface area contributed by atoms with E-state index in [2.05, 4.69) is 12.6 Å². The molecule has 0 radical (unpaired) electrons. The van der Waals surface area contributed by atoms with E-state index in [1.165, 1.54) is 0 Å². The largest absolute Gasteiger partial charge is 0.198 e. The fourth-order valence-corrected chi connectivity index (χ4v) is 0.834. The van der Waals surface area contributed by atoms with Crippen LogP contribution in [-0.2, 0) is 0 Å². The summed E-state index contributed by atoms with van der Waals surface area (Å²) in [6.07, 6.45) is 2.24. The average molecular weight is 118 g/mol. The lowest BCUT2D eigenvalue weighted by Crippen LogP contribution is -1.91. The molecule has 9 heavy (non-hydrogen) atoms. The summed E-state index contributed by atoms with van der Waals surface area (Å²) in [6.45, 7) is 3.49. The van der Waals surface area contributed by atoms with Crippen LogP contribution in [0.4, 0.5) is 0 Å². The summed E-state index contributed by atoms with van der Waals surface area (Å²) in [5.41, 5.74) is -0.491. The molecule has 0 N–H and O–H groups in total. The molecule has 2 nitrogen and oxygen atoms in total. The molecular formula is C7H6N2. The second kappa shape index (κ2) is 1.60. The van der Waals surface area contributed by atoms with Crippen molar-refractivity contribution in [1.29, 1.82) is 10.5 Å². The van der Waals surface area contributed by atoms with Crippen molar-refractivity contribution < 1.29 is 0 Å². The summed E-state index contributed by atoms with van der Waals surface area (Å²) >= 11 is 0. The number of hydrogen-bond donors (Lipinski definition) is 0. The van der Waals surface area contributed by atoms with Gasteiger partial charge < -0.3 is 0 Å². The van der Waals surface area contributed by atoms with E-state index in [9.17, 15) is 0 Å². The zero-order valence-electron chi connectivity index (χ0n) is 4.96. The van der Waals surface area contributed by atoms with Crippen LogP contribution in [0.5, 0.6) is 0 Å². The van der Waals surface area contributed by atoms with Gasteiger partial charge in [-0.05, 0) is 6.42 Å². The molecule has 0 bridgehead atoms. The standard InChI is InChI=1S/C7H6N2/c1-2-7(5-9)3-6(7)4-8/h2,6H,1,3H2. The number of nitrogens with zero attached hydrogens (tertiary/aromatic N) is 2. The lowest BCUT2D eigenvalue weighted by molar-refractivity contribution is 0.819.